The maximum absolute atomic E-state index is 5.93. The van der Waals surface area contributed by atoms with Crippen LogP contribution in [-0.4, -0.2) is 43.4 Å². The van der Waals surface area contributed by atoms with Gasteiger partial charge < -0.3 is 19.1 Å². The van der Waals surface area contributed by atoms with Crippen molar-refractivity contribution in [3.8, 4) is 17.1 Å². The number of ether oxygens (including phenoxy) is 1. The summed E-state index contributed by atoms with van der Waals surface area (Å²) in [6.45, 7) is 4.76. The molecule has 0 unspecified atom stereocenters. The molecule has 3 aromatic rings. The molecule has 0 radical (unpaired) electrons. The van der Waals surface area contributed by atoms with Gasteiger partial charge in [-0.2, -0.15) is 4.98 Å². The molecule has 2 aromatic carbocycles. The van der Waals surface area contributed by atoms with Crippen LogP contribution in [0.15, 0.2) is 53.1 Å². The largest absolute Gasteiger partial charge is 0.497 e. The standard InChI is InChI=1S/C20H21ClN4O2/c1-26-18-4-2-3-17(13-18)25-11-9-24(10-12-25)14-19-22-20(23-27-19)15-5-7-16(21)8-6-15/h2-8,13H,9-12,14H2,1H3/p+1. The summed E-state index contributed by atoms with van der Waals surface area (Å²) in [4.78, 5) is 8.37. The van der Waals surface area contributed by atoms with Crippen LogP contribution in [0.4, 0.5) is 5.69 Å². The fourth-order valence-corrected chi connectivity index (χ4v) is 3.45. The van der Waals surface area contributed by atoms with Crippen LogP contribution in [0.5, 0.6) is 5.75 Å². The van der Waals surface area contributed by atoms with Crippen LogP contribution in [0.3, 0.4) is 0 Å². The Morgan fingerprint density at radius 1 is 1.15 bits per heavy atom. The summed E-state index contributed by atoms with van der Waals surface area (Å²) in [6, 6.07) is 15.7. The number of quaternary nitrogens is 1. The van der Waals surface area contributed by atoms with Gasteiger partial charge in [-0.15, -0.1) is 0 Å². The van der Waals surface area contributed by atoms with Gasteiger partial charge in [0.2, 0.25) is 5.82 Å². The third-order valence-corrected chi connectivity index (χ3v) is 5.11. The topological polar surface area (TPSA) is 55.8 Å². The summed E-state index contributed by atoms with van der Waals surface area (Å²) in [7, 11) is 1.70. The van der Waals surface area contributed by atoms with Crippen molar-refractivity contribution < 1.29 is 14.2 Å². The molecule has 1 fully saturated rings. The molecule has 7 heteroatoms. The predicted octanol–water partition coefficient (Wildman–Crippen LogP) is 2.30. The van der Waals surface area contributed by atoms with Gasteiger partial charge in [0.05, 0.1) is 33.3 Å². The molecule has 4 rings (SSSR count). The van der Waals surface area contributed by atoms with Crippen LogP contribution in [-0.2, 0) is 6.54 Å². The van der Waals surface area contributed by atoms with Gasteiger partial charge in [-0.3, -0.25) is 0 Å². The third-order valence-electron chi connectivity index (χ3n) is 4.86. The fourth-order valence-electron chi connectivity index (χ4n) is 3.32. The number of benzene rings is 2. The minimum absolute atomic E-state index is 0.607. The maximum Gasteiger partial charge on any atom is 0.282 e. The van der Waals surface area contributed by atoms with Crippen LogP contribution in [0, 0.1) is 0 Å². The van der Waals surface area contributed by atoms with Crippen molar-refractivity contribution >= 4 is 17.3 Å². The van der Waals surface area contributed by atoms with Gasteiger partial charge in [-0.1, -0.05) is 22.8 Å². The first-order valence-corrected chi connectivity index (χ1v) is 9.40. The molecule has 0 amide bonds. The van der Waals surface area contributed by atoms with Gasteiger partial charge >= 0.3 is 0 Å². The smallest absolute Gasteiger partial charge is 0.282 e. The second kappa shape index (κ2) is 7.98. The predicted molar refractivity (Wildman–Crippen MR) is 104 cm³/mol. The summed E-state index contributed by atoms with van der Waals surface area (Å²) in [5, 5.41) is 4.79. The van der Waals surface area contributed by atoms with E-state index >= 15 is 0 Å². The zero-order valence-electron chi connectivity index (χ0n) is 15.2. The number of anilines is 1. The van der Waals surface area contributed by atoms with E-state index in [9.17, 15) is 0 Å². The quantitative estimate of drug-likeness (QED) is 0.730. The molecule has 1 aliphatic rings. The summed E-state index contributed by atoms with van der Waals surface area (Å²) in [5.41, 5.74) is 2.11. The highest BCUT2D eigenvalue weighted by Gasteiger charge is 2.23. The minimum Gasteiger partial charge on any atom is -0.497 e. The van der Waals surface area contributed by atoms with E-state index < -0.39 is 0 Å². The van der Waals surface area contributed by atoms with Crippen molar-refractivity contribution in [2.24, 2.45) is 0 Å². The number of nitrogens with one attached hydrogen (secondary N) is 1. The Hall–Kier alpha value is -2.57. The van der Waals surface area contributed by atoms with Crippen molar-refractivity contribution in [1.82, 2.24) is 10.1 Å². The summed E-state index contributed by atoms with van der Waals surface area (Å²) in [5.74, 6) is 2.17. The second-order valence-electron chi connectivity index (χ2n) is 6.63. The molecule has 0 spiro atoms. The van der Waals surface area contributed by atoms with Gasteiger partial charge in [0.15, 0.2) is 6.54 Å². The van der Waals surface area contributed by atoms with Crippen LogP contribution in [0.1, 0.15) is 5.89 Å². The van der Waals surface area contributed by atoms with Crippen LogP contribution in [0.25, 0.3) is 11.4 Å². The highest BCUT2D eigenvalue weighted by molar-refractivity contribution is 6.30. The Morgan fingerprint density at radius 2 is 1.93 bits per heavy atom. The van der Waals surface area contributed by atoms with E-state index in [4.69, 9.17) is 20.9 Å². The average molecular weight is 386 g/mol. The van der Waals surface area contributed by atoms with E-state index in [-0.39, 0.29) is 0 Å². The lowest BCUT2D eigenvalue weighted by atomic mass is 10.2. The van der Waals surface area contributed by atoms with Crippen LogP contribution < -0.4 is 14.5 Å². The van der Waals surface area contributed by atoms with Gasteiger partial charge in [0.1, 0.15) is 5.75 Å². The Labute approximate surface area is 163 Å². The van der Waals surface area contributed by atoms with Crippen LogP contribution >= 0.6 is 11.6 Å². The van der Waals surface area contributed by atoms with Gasteiger partial charge in [-0.05, 0) is 36.4 Å². The molecule has 140 valence electrons. The van der Waals surface area contributed by atoms with Crippen molar-refractivity contribution in [1.29, 1.82) is 0 Å². The zero-order chi connectivity index (χ0) is 18.6. The van der Waals surface area contributed by atoms with E-state index in [1.807, 2.05) is 36.4 Å². The maximum atomic E-state index is 5.93. The normalized spacial score (nSPS) is 15.1. The van der Waals surface area contributed by atoms with E-state index in [0.29, 0.717) is 16.7 Å². The first kappa shape index (κ1) is 17.8. The molecule has 1 aromatic heterocycles. The molecule has 0 bridgehead atoms. The molecule has 1 N–H and O–H groups in total. The van der Waals surface area contributed by atoms with Gasteiger partial charge in [0.25, 0.3) is 5.89 Å². The molecule has 1 aliphatic heterocycles. The van der Waals surface area contributed by atoms with Gasteiger partial charge in [0, 0.05) is 22.3 Å². The molecule has 0 saturated carbocycles. The number of hydrogen-bond donors (Lipinski definition) is 1. The summed E-state index contributed by atoms with van der Waals surface area (Å²) >= 11 is 5.93. The lowest BCUT2D eigenvalue weighted by molar-refractivity contribution is -0.915. The molecule has 27 heavy (non-hydrogen) atoms. The molecule has 0 aliphatic carbocycles. The van der Waals surface area contributed by atoms with Crippen molar-refractivity contribution in [2.75, 3.05) is 38.2 Å². The van der Waals surface area contributed by atoms with Crippen LogP contribution in [0.2, 0.25) is 5.02 Å². The lowest BCUT2D eigenvalue weighted by Gasteiger charge is -2.33. The van der Waals surface area contributed by atoms with Gasteiger partial charge in [-0.25, -0.2) is 0 Å². The highest BCUT2D eigenvalue weighted by Crippen LogP contribution is 2.21. The SMILES string of the molecule is COc1cccc(N2CC[NH+](Cc3nc(-c4ccc(Cl)cc4)no3)CC2)c1. The second-order valence-corrected chi connectivity index (χ2v) is 7.07. The fraction of sp³-hybridized carbons (Fsp3) is 0.300. The van der Waals surface area contributed by atoms with Crippen molar-refractivity contribution in [3.63, 3.8) is 0 Å². The minimum atomic E-state index is 0.607. The van der Waals surface area contributed by atoms with Crippen molar-refractivity contribution in [3.05, 3.63) is 59.4 Å². The average Bonchev–Trinajstić information content (AvgIpc) is 3.17. The lowest BCUT2D eigenvalue weighted by Crippen LogP contribution is -3.13. The zero-order valence-corrected chi connectivity index (χ0v) is 15.9. The Bertz CT molecular complexity index is 889. The monoisotopic (exact) mass is 385 g/mol. The molecule has 0 atom stereocenters. The number of methoxy groups -OCH3 is 1. The number of piperazine rings is 1. The number of nitrogens with zero attached hydrogens (tertiary/aromatic N) is 3. The van der Waals surface area contributed by atoms with Crippen molar-refractivity contribution in [2.45, 2.75) is 6.54 Å². The number of halogens is 1. The third kappa shape index (κ3) is 4.23. The Balaban J connectivity index is 1.35. The highest BCUT2D eigenvalue weighted by atomic mass is 35.5. The first-order valence-electron chi connectivity index (χ1n) is 9.02. The Kier molecular flexibility index (Phi) is 5.27. The summed E-state index contributed by atoms with van der Waals surface area (Å²) < 4.78 is 10.8. The van der Waals surface area contributed by atoms with E-state index in [0.717, 1.165) is 44.0 Å². The molecular weight excluding hydrogens is 364 g/mol. The first-order chi connectivity index (χ1) is 13.2. The number of hydrogen-bond acceptors (Lipinski definition) is 5. The number of rotatable bonds is 5. The van der Waals surface area contributed by atoms with E-state index in [1.54, 1.807) is 7.11 Å². The van der Waals surface area contributed by atoms with E-state index in [2.05, 4.69) is 27.2 Å². The molecule has 1 saturated heterocycles. The number of aromatic nitrogens is 2. The van der Waals surface area contributed by atoms with E-state index in [1.165, 1.54) is 10.6 Å². The molecule has 6 nitrogen and oxygen atoms in total. The summed E-state index contributed by atoms with van der Waals surface area (Å²) in [6.07, 6.45) is 0. The Morgan fingerprint density at radius 3 is 2.67 bits per heavy atom. The molecule has 2 heterocycles. The molecular formula is C20H22ClN4O2+.